The van der Waals surface area contributed by atoms with Crippen LogP contribution in [0.1, 0.15) is 146 Å². The van der Waals surface area contributed by atoms with Crippen molar-refractivity contribution in [1.29, 1.82) is 0 Å². The second-order valence-corrected chi connectivity index (χ2v) is 27.5. The number of thiophene rings is 1. The molecule has 5 aromatic carbocycles. The van der Waals surface area contributed by atoms with Crippen LogP contribution in [0.2, 0.25) is 0 Å². The van der Waals surface area contributed by atoms with Gasteiger partial charge >= 0.3 is 21.1 Å². The Morgan fingerprint density at radius 3 is 0.942 bits per heavy atom. The number of nitrogens with zero attached hydrogens (tertiary/aromatic N) is 9. The number of benzene rings is 5. The smallest absolute Gasteiger partial charge is 0.657 e. The number of aliphatic hydroxyl groups is 2. The third-order valence-corrected chi connectivity index (χ3v) is 19.7. The summed E-state index contributed by atoms with van der Waals surface area (Å²) < 4.78 is 52.9. The molecule has 11 heterocycles. The van der Waals surface area contributed by atoms with Gasteiger partial charge < -0.3 is 45.1 Å². The molecule has 8 bridgehead atoms. The van der Waals surface area contributed by atoms with Crippen LogP contribution in [0.5, 0.6) is 0 Å². The Hall–Kier alpha value is -7.90. The molecule has 0 aliphatic carbocycles. The maximum atomic E-state index is 13.2. The molecule has 0 spiro atoms. The second kappa shape index (κ2) is 53.9. The van der Waals surface area contributed by atoms with Crippen molar-refractivity contribution in [3.8, 4) is 55.6 Å². The molecule has 9 aromatic heterocycles. The number of allylic oxidation sites excluding steroid dienone is 4. The van der Waals surface area contributed by atoms with Crippen LogP contribution in [0, 0.1) is 53.6 Å². The van der Waals surface area contributed by atoms with Crippen LogP contribution in [0.25, 0.3) is 110 Å². The first kappa shape index (κ1) is 104. The second-order valence-electron chi connectivity index (χ2n) is 26.5. The fourth-order valence-corrected chi connectivity index (χ4v) is 14.4. The number of fused-ring (bicyclic) bond motifs is 9. The molecule has 22 heteroatoms. The SMILES string of the molecule is CC(O)CC(C)O.CCC1=C(CC)c2cc3[n-]c(cc4nc(cc5[n-]c(cc1n2)c(CC)c5CC)C(CC)=C4CC)c(CC)c3CC.Fc1c[c-]c(-c2ccccn2)c(F)c1.Fc1c[c-]c(-c2ccccn2)c(F)c1.[Pd].[Pd].[Pd].[Pt+2].[Pt].[Pt].[c-]1c(-c2ccccn2)sc2ccccc12.[c-]1ccccc1-c1ccccn1.[c-]1ccccc1-c1ccccn1. The van der Waals surface area contributed by atoms with Crippen molar-refractivity contribution in [2.24, 2.45) is 0 Å². The first-order valence-electron chi connectivity index (χ1n) is 38.6. The summed E-state index contributed by atoms with van der Waals surface area (Å²) in [5.41, 5.74) is 25.4. The van der Waals surface area contributed by atoms with Crippen molar-refractivity contribution < 1.29 is 152 Å². The molecule has 14 aromatic rings. The van der Waals surface area contributed by atoms with Crippen molar-refractivity contribution >= 4 is 65.8 Å². The number of aryl methyl sites for hydroxylation is 4. The van der Waals surface area contributed by atoms with Crippen molar-refractivity contribution in [2.75, 3.05) is 0 Å². The molecule has 0 fully saturated rings. The van der Waals surface area contributed by atoms with E-state index in [-0.39, 0.29) is 148 Å². The molecule has 640 valence electrons. The van der Waals surface area contributed by atoms with Crippen LogP contribution in [0.4, 0.5) is 17.6 Å². The topological polar surface area (TPSA) is 159 Å². The van der Waals surface area contributed by atoms with Gasteiger partial charge in [0.15, 0.2) is 0 Å². The number of halogens is 4. The summed E-state index contributed by atoms with van der Waals surface area (Å²) in [5, 5.41) is 18.3. The van der Waals surface area contributed by atoms with E-state index >= 15 is 0 Å². The molecule has 2 N–H and O–H groups in total. The standard InChI is InChI=1S/C36H44N4.C13H8NS.2C11H6F2N.2C11H8N.C5H12O2.3Pd.3Pt/c1-9-21-22(10-2)30-18-32-25(13-5)26(14-6)34(39-32)20-36-28(16-8)27(15-7)35(40-36)19-33-24(12-4)23(11-3)31(38-33)17-29(21)37-30;1-2-7-12-10(5-1)9-13(15-12)11-6-3-4-8-14-11;2*12-8-4-5-9(10(13)7-8)11-3-1-2-6-14-11;2*1-2-6-10(7-3-1)11-8-4-5-9-12-11;1-4(6)3-5(2)7;;;;;;/h17-20H,9-16H2,1-8H3;1-8H;2*1-4,6-7H;2*1-6,8-9H;4-7H,3H2,1-2H3;;;;;;/q-2;5*-1;;;;;;;+2. The van der Waals surface area contributed by atoms with E-state index in [0.29, 0.717) is 17.8 Å². The average Bonchev–Trinajstić information content (AvgIpc) is 1.61. The molecule has 11 nitrogen and oxygen atoms in total. The van der Waals surface area contributed by atoms with Crippen LogP contribution in [0.15, 0.2) is 243 Å². The van der Waals surface area contributed by atoms with Crippen molar-refractivity contribution in [3.63, 3.8) is 0 Å². The molecule has 2 aliphatic rings. The van der Waals surface area contributed by atoms with E-state index in [1.807, 2.05) is 115 Å². The zero-order chi connectivity index (χ0) is 80.9. The molecule has 0 radical (unpaired) electrons. The zero-order valence-electron chi connectivity index (χ0n) is 67.8. The summed E-state index contributed by atoms with van der Waals surface area (Å²) in [7, 11) is 0. The summed E-state index contributed by atoms with van der Waals surface area (Å²) in [5.74, 6) is -2.57. The van der Waals surface area contributed by atoms with Gasteiger partial charge in [0.1, 0.15) is 0 Å². The molecule has 0 amide bonds. The molecular weight excluding hydrogens is 2350 g/mol. The minimum atomic E-state index is -0.649. The van der Waals surface area contributed by atoms with Crippen LogP contribution < -0.4 is 9.97 Å². The van der Waals surface area contributed by atoms with E-state index in [2.05, 4.69) is 153 Å². The van der Waals surface area contributed by atoms with Gasteiger partial charge in [-0.2, -0.15) is 0 Å². The van der Waals surface area contributed by atoms with Crippen LogP contribution in [-0.4, -0.2) is 57.3 Å². The fourth-order valence-electron chi connectivity index (χ4n) is 13.4. The van der Waals surface area contributed by atoms with Crippen LogP contribution in [-0.2, 0) is 150 Å². The number of hydrogen-bond acceptors (Lipinski definition) is 10. The van der Waals surface area contributed by atoms with Gasteiger partial charge in [-0.15, -0.1) is 142 Å². The number of aromatic nitrogens is 9. The summed E-state index contributed by atoms with van der Waals surface area (Å²) >= 11 is 1.73. The molecule has 2 aliphatic heterocycles. The van der Waals surface area contributed by atoms with E-state index in [4.69, 9.17) is 30.1 Å². The maximum Gasteiger partial charge on any atom is 2.00 e. The van der Waals surface area contributed by atoms with Crippen molar-refractivity contribution in [2.45, 2.75) is 139 Å². The molecule has 2 atom stereocenters. The normalized spacial score (nSPS) is 11.3. The maximum absolute atomic E-state index is 13.2. The summed E-state index contributed by atoms with van der Waals surface area (Å²) in [6.07, 6.45) is 15.8. The third kappa shape index (κ3) is 28.9. The van der Waals surface area contributed by atoms with Gasteiger partial charge in [-0.25, -0.2) is 21.3 Å². The number of aliphatic hydroxyl groups excluding tert-OH is 2. The Morgan fingerprint density at radius 2 is 0.675 bits per heavy atom. The summed E-state index contributed by atoms with van der Waals surface area (Å²) in [6.45, 7) is 21.3. The molecule has 2 unspecified atom stereocenters. The monoisotopic (exact) mass is 2440 g/mol. The van der Waals surface area contributed by atoms with Gasteiger partial charge in [-0.1, -0.05) is 198 Å². The molecular formula is C98H92F4N9O2Pd3Pt3S-5. The van der Waals surface area contributed by atoms with Crippen molar-refractivity contribution in [1.82, 2.24) is 44.9 Å². The predicted molar refractivity (Wildman–Crippen MR) is 457 cm³/mol. The summed E-state index contributed by atoms with van der Waals surface area (Å²) in [6, 6.07) is 79.3. The quantitative estimate of drug-likeness (QED) is 0.0571. The first-order chi connectivity index (χ1) is 55.5. The van der Waals surface area contributed by atoms with Crippen LogP contribution in [0.3, 0.4) is 0 Å². The number of rotatable bonds is 15. The van der Waals surface area contributed by atoms with Gasteiger partial charge in [-0.05, 0) is 157 Å². The Balaban J connectivity index is 0.000000317. The third-order valence-electron chi connectivity index (χ3n) is 18.6. The van der Waals surface area contributed by atoms with Crippen molar-refractivity contribution in [3.05, 3.63) is 342 Å². The van der Waals surface area contributed by atoms with Gasteiger partial charge in [0.25, 0.3) is 0 Å². The average molecular weight is 2440 g/mol. The Morgan fingerprint density at radius 1 is 0.367 bits per heavy atom. The Kier molecular flexibility index (Phi) is 46.9. The van der Waals surface area contributed by atoms with Crippen LogP contribution >= 0.6 is 11.3 Å². The Labute approximate surface area is 791 Å². The minimum Gasteiger partial charge on any atom is -0.657 e. The van der Waals surface area contributed by atoms with E-state index in [0.717, 1.165) is 154 Å². The molecule has 120 heavy (non-hydrogen) atoms. The minimum absolute atomic E-state index is 0. The predicted octanol–water partition coefficient (Wildman–Crippen LogP) is 23.9. The van der Waals surface area contributed by atoms with Gasteiger partial charge in [0.05, 0.1) is 35.0 Å². The van der Waals surface area contributed by atoms with Gasteiger partial charge in [0, 0.05) is 163 Å². The first-order valence-corrected chi connectivity index (χ1v) is 39.4. The molecule has 0 saturated heterocycles. The number of pyridine rings is 5. The Bertz CT molecular complexity index is 5150. The van der Waals surface area contributed by atoms with Gasteiger partial charge in [0.2, 0.25) is 0 Å². The van der Waals surface area contributed by atoms with E-state index < -0.39 is 23.3 Å². The largest absolute Gasteiger partial charge is 2.00 e. The van der Waals surface area contributed by atoms with E-state index in [1.165, 1.54) is 54.6 Å². The molecule has 16 rings (SSSR count). The fraction of sp³-hybridized carbons (Fsp3) is 0.214. The number of hydrogen-bond donors (Lipinski definition) is 2. The zero-order valence-corrected chi connectivity index (χ0v) is 80.1. The van der Waals surface area contributed by atoms with E-state index in [1.54, 1.807) is 86.4 Å². The van der Waals surface area contributed by atoms with Gasteiger partial charge in [-0.3, -0.25) is 17.6 Å². The molecule has 0 saturated carbocycles. The van der Waals surface area contributed by atoms with E-state index in [9.17, 15) is 17.6 Å². The summed E-state index contributed by atoms with van der Waals surface area (Å²) in [4.78, 5) is 42.8.